The number of benzene rings is 3. The zero-order chi connectivity index (χ0) is 27.8. The van der Waals surface area contributed by atoms with Crippen molar-refractivity contribution in [1.29, 1.82) is 0 Å². The van der Waals surface area contributed by atoms with E-state index < -0.39 is 0 Å². The average Bonchev–Trinajstić information content (AvgIpc) is 3.30. The lowest BCUT2D eigenvalue weighted by molar-refractivity contribution is -0.136. The molecule has 6 nitrogen and oxygen atoms in total. The van der Waals surface area contributed by atoms with E-state index in [0.717, 1.165) is 46.4 Å². The first kappa shape index (κ1) is 28.1. The van der Waals surface area contributed by atoms with E-state index in [1.807, 2.05) is 64.1 Å². The Balaban J connectivity index is 1.40. The van der Waals surface area contributed by atoms with Crippen molar-refractivity contribution < 1.29 is 9.59 Å². The van der Waals surface area contributed by atoms with Crippen LogP contribution in [0.5, 0.6) is 0 Å². The largest absolute Gasteiger partial charge is 0.355 e. The highest BCUT2D eigenvalue weighted by Crippen LogP contribution is 2.21. The van der Waals surface area contributed by atoms with Crippen LogP contribution in [0, 0.1) is 0 Å². The van der Waals surface area contributed by atoms with Gasteiger partial charge in [-0.3, -0.25) is 9.59 Å². The summed E-state index contributed by atoms with van der Waals surface area (Å²) in [5, 5.41) is 3.04. The maximum Gasteiger partial charge on any atom is 0.243 e. The molecule has 1 heterocycles. The molecule has 3 aromatic carbocycles. The molecule has 0 fully saturated rings. The fraction of sp³-hybridized carbons (Fsp3) is 0.364. The second kappa shape index (κ2) is 13.2. The van der Waals surface area contributed by atoms with Gasteiger partial charge in [-0.25, -0.2) is 4.98 Å². The third-order valence-corrected chi connectivity index (χ3v) is 7.54. The first-order valence-electron chi connectivity index (χ1n) is 14.1. The number of amides is 2. The van der Waals surface area contributed by atoms with Crippen LogP contribution in [0.1, 0.15) is 51.9 Å². The highest BCUT2D eigenvalue weighted by Gasteiger charge is 2.25. The molecule has 1 aromatic heterocycles. The van der Waals surface area contributed by atoms with Gasteiger partial charge in [-0.1, -0.05) is 80.6 Å². The summed E-state index contributed by atoms with van der Waals surface area (Å²) in [6.07, 6.45) is 2.69. The molecule has 0 spiro atoms. The molecule has 204 valence electrons. The predicted molar refractivity (Wildman–Crippen MR) is 158 cm³/mol. The lowest BCUT2D eigenvalue weighted by atomic mass is 10.0. The molecule has 0 aliphatic carbocycles. The quantitative estimate of drug-likeness (QED) is 0.246. The monoisotopic (exact) mass is 524 g/mol. The van der Waals surface area contributed by atoms with Gasteiger partial charge in [0.15, 0.2) is 0 Å². The number of hydrogen-bond donors (Lipinski definition) is 1. The van der Waals surface area contributed by atoms with Crippen molar-refractivity contribution in [3.8, 4) is 11.1 Å². The van der Waals surface area contributed by atoms with Gasteiger partial charge < -0.3 is 14.8 Å². The first-order chi connectivity index (χ1) is 18.9. The number of hydrogen-bond acceptors (Lipinski definition) is 3. The van der Waals surface area contributed by atoms with Gasteiger partial charge in [-0.05, 0) is 55.5 Å². The molecule has 4 aromatic rings. The third-order valence-electron chi connectivity index (χ3n) is 7.54. The SMILES string of the molecule is CCC(C)N(C(=O)Cn1c(CCNC(=O)Cc2ccc(-c3ccccc3)cc2)nc2ccccc21)C(C)CC. The summed E-state index contributed by atoms with van der Waals surface area (Å²) < 4.78 is 2.02. The Morgan fingerprint density at radius 3 is 2.13 bits per heavy atom. The summed E-state index contributed by atoms with van der Waals surface area (Å²) in [6, 6.07) is 26.6. The van der Waals surface area contributed by atoms with Crippen molar-refractivity contribution in [2.45, 2.75) is 72.0 Å². The minimum absolute atomic E-state index is 0.0269. The Bertz CT molecular complexity index is 1370. The van der Waals surface area contributed by atoms with Crippen molar-refractivity contribution in [1.82, 2.24) is 19.8 Å². The van der Waals surface area contributed by atoms with E-state index in [2.05, 4.69) is 57.3 Å². The van der Waals surface area contributed by atoms with Crippen LogP contribution < -0.4 is 5.32 Å². The molecular formula is C33H40N4O2. The van der Waals surface area contributed by atoms with Crippen molar-refractivity contribution in [3.63, 3.8) is 0 Å². The lowest BCUT2D eigenvalue weighted by Crippen LogP contribution is -2.46. The van der Waals surface area contributed by atoms with Crippen LogP contribution in [0.25, 0.3) is 22.2 Å². The lowest BCUT2D eigenvalue weighted by Gasteiger charge is -2.34. The number of aromatic nitrogens is 2. The Morgan fingerprint density at radius 1 is 0.846 bits per heavy atom. The summed E-state index contributed by atoms with van der Waals surface area (Å²) in [5.41, 5.74) is 5.07. The van der Waals surface area contributed by atoms with Crippen molar-refractivity contribution >= 4 is 22.8 Å². The summed E-state index contributed by atoms with van der Waals surface area (Å²) in [6.45, 7) is 9.16. The molecule has 1 N–H and O–H groups in total. The van der Waals surface area contributed by atoms with E-state index in [1.165, 1.54) is 0 Å². The normalized spacial score (nSPS) is 12.7. The van der Waals surface area contributed by atoms with Crippen LogP contribution in [-0.2, 0) is 29.0 Å². The predicted octanol–water partition coefficient (Wildman–Crippen LogP) is 6.03. The van der Waals surface area contributed by atoms with Crippen LogP contribution >= 0.6 is 0 Å². The summed E-state index contributed by atoms with van der Waals surface area (Å²) in [4.78, 5) is 33.0. The van der Waals surface area contributed by atoms with Crippen LogP contribution in [0.3, 0.4) is 0 Å². The van der Waals surface area contributed by atoms with Crippen LogP contribution in [0.15, 0.2) is 78.9 Å². The van der Waals surface area contributed by atoms with Gasteiger partial charge in [0, 0.05) is 25.0 Å². The first-order valence-corrected chi connectivity index (χ1v) is 14.1. The van der Waals surface area contributed by atoms with Gasteiger partial charge in [0.25, 0.3) is 0 Å². The number of nitrogens with zero attached hydrogens (tertiary/aromatic N) is 3. The van der Waals surface area contributed by atoms with Crippen molar-refractivity contribution in [2.24, 2.45) is 0 Å². The smallest absolute Gasteiger partial charge is 0.243 e. The fourth-order valence-electron chi connectivity index (χ4n) is 5.04. The molecule has 2 unspecified atom stereocenters. The number of carbonyl (C=O) groups excluding carboxylic acids is 2. The van der Waals surface area contributed by atoms with Crippen LogP contribution in [-0.4, -0.2) is 44.9 Å². The zero-order valence-electron chi connectivity index (χ0n) is 23.6. The standard InChI is InChI=1S/C33H40N4O2/c1-5-24(3)37(25(4)6-2)33(39)23-36-30-15-11-10-14-29(30)35-31(36)20-21-34-32(38)22-26-16-18-28(19-17-26)27-12-8-7-9-13-27/h7-19,24-25H,5-6,20-23H2,1-4H3,(H,34,38). The van der Waals surface area contributed by atoms with Gasteiger partial charge >= 0.3 is 0 Å². The Morgan fingerprint density at radius 2 is 1.46 bits per heavy atom. The number of imidazole rings is 1. The second-order valence-corrected chi connectivity index (χ2v) is 10.3. The Labute approximate surface area is 232 Å². The minimum Gasteiger partial charge on any atom is -0.355 e. The summed E-state index contributed by atoms with van der Waals surface area (Å²) >= 11 is 0. The van der Waals surface area contributed by atoms with Gasteiger partial charge in [0.2, 0.25) is 11.8 Å². The van der Waals surface area contributed by atoms with E-state index in [4.69, 9.17) is 4.98 Å². The molecule has 0 saturated heterocycles. The van der Waals surface area contributed by atoms with Crippen molar-refractivity contribution in [3.05, 3.63) is 90.3 Å². The molecular weight excluding hydrogens is 484 g/mol. The molecule has 2 amide bonds. The second-order valence-electron chi connectivity index (χ2n) is 10.3. The van der Waals surface area contributed by atoms with E-state index in [1.54, 1.807) is 0 Å². The Hall–Kier alpha value is -3.93. The van der Waals surface area contributed by atoms with Gasteiger partial charge in [0.1, 0.15) is 12.4 Å². The number of rotatable bonds is 12. The maximum absolute atomic E-state index is 13.5. The molecule has 0 aliphatic rings. The van der Waals surface area contributed by atoms with Gasteiger partial charge in [0.05, 0.1) is 17.5 Å². The molecule has 39 heavy (non-hydrogen) atoms. The number of nitrogens with one attached hydrogen (secondary N) is 1. The highest BCUT2D eigenvalue weighted by atomic mass is 16.2. The number of carbonyl (C=O) groups is 2. The van der Waals surface area contributed by atoms with Gasteiger partial charge in [-0.2, -0.15) is 0 Å². The highest BCUT2D eigenvalue weighted by molar-refractivity contribution is 5.82. The van der Waals surface area contributed by atoms with Gasteiger partial charge in [-0.15, -0.1) is 0 Å². The topological polar surface area (TPSA) is 67.2 Å². The fourth-order valence-corrected chi connectivity index (χ4v) is 5.04. The third kappa shape index (κ3) is 6.94. The van der Waals surface area contributed by atoms with E-state index >= 15 is 0 Å². The molecule has 0 radical (unpaired) electrons. The van der Waals surface area contributed by atoms with E-state index in [0.29, 0.717) is 19.4 Å². The molecule has 4 rings (SSSR count). The average molecular weight is 525 g/mol. The zero-order valence-corrected chi connectivity index (χ0v) is 23.6. The molecule has 0 aliphatic heterocycles. The van der Waals surface area contributed by atoms with Crippen LogP contribution in [0.4, 0.5) is 0 Å². The maximum atomic E-state index is 13.5. The van der Waals surface area contributed by atoms with E-state index in [9.17, 15) is 9.59 Å². The van der Waals surface area contributed by atoms with Crippen LogP contribution in [0.2, 0.25) is 0 Å². The van der Waals surface area contributed by atoms with E-state index in [-0.39, 0.29) is 30.4 Å². The summed E-state index contributed by atoms with van der Waals surface area (Å²) in [5.74, 6) is 0.886. The minimum atomic E-state index is -0.0269. The Kier molecular flexibility index (Phi) is 9.53. The molecule has 0 bridgehead atoms. The number of para-hydroxylation sites is 2. The molecule has 2 atom stereocenters. The summed E-state index contributed by atoms with van der Waals surface area (Å²) in [7, 11) is 0. The van der Waals surface area contributed by atoms with Crippen molar-refractivity contribution in [2.75, 3.05) is 6.54 Å². The number of fused-ring (bicyclic) bond motifs is 1. The molecule has 6 heteroatoms. The molecule has 0 saturated carbocycles.